The molecule has 0 radical (unpaired) electrons. The fourth-order valence-electron chi connectivity index (χ4n) is 3.09. The first-order valence-corrected chi connectivity index (χ1v) is 8.27. The number of hydrogen-bond donors (Lipinski definition) is 2. The SMILES string of the molecule is COc1cccc(NC(=O)NCC2CCCN2c2ccccc2)c1. The molecule has 1 saturated heterocycles. The fourth-order valence-corrected chi connectivity index (χ4v) is 3.09. The van der Waals surface area contributed by atoms with E-state index in [0.717, 1.165) is 30.8 Å². The first-order valence-electron chi connectivity index (χ1n) is 8.27. The molecule has 5 nitrogen and oxygen atoms in total. The van der Waals surface area contributed by atoms with Gasteiger partial charge in [-0.1, -0.05) is 24.3 Å². The summed E-state index contributed by atoms with van der Waals surface area (Å²) in [5.41, 5.74) is 1.94. The van der Waals surface area contributed by atoms with Crippen molar-refractivity contribution in [3.8, 4) is 5.75 Å². The average molecular weight is 325 g/mol. The number of hydrogen-bond acceptors (Lipinski definition) is 3. The number of amides is 2. The van der Waals surface area contributed by atoms with E-state index in [2.05, 4.69) is 27.7 Å². The van der Waals surface area contributed by atoms with Crippen LogP contribution in [0, 0.1) is 0 Å². The van der Waals surface area contributed by atoms with E-state index < -0.39 is 0 Å². The van der Waals surface area contributed by atoms with E-state index in [1.165, 1.54) is 5.69 Å². The highest BCUT2D eigenvalue weighted by Gasteiger charge is 2.24. The molecule has 1 atom stereocenters. The van der Waals surface area contributed by atoms with Crippen molar-refractivity contribution in [2.75, 3.05) is 30.4 Å². The molecule has 0 bridgehead atoms. The quantitative estimate of drug-likeness (QED) is 0.885. The van der Waals surface area contributed by atoms with Crippen molar-refractivity contribution in [2.24, 2.45) is 0 Å². The van der Waals surface area contributed by atoms with Gasteiger partial charge in [-0.25, -0.2) is 4.79 Å². The molecule has 5 heteroatoms. The lowest BCUT2D eigenvalue weighted by Gasteiger charge is -2.27. The maximum atomic E-state index is 12.1. The highest BCUT2D eigenvalue weighted by Crippen LogP contribution is 2.24. The molecule has 0 aromatic heterocycles. The summed E-state index contributed by atoms with van der Waals surface area (Å²) < 4.78 is 5.16. The second-order valence-electron chi connectivity index (χ2n) is 5.89. The predicted molar refractivity (Wildman–Crippen MR) is 96.8 cm³/mol. The van der Waals surface area contributed by atoms with Crippen LogP contribution in [-0.4, -0.2) is 32.3 Å². The molecule has 0 spiro atoms. The van der Waals surface area contributed by atoms with Crippen molar-refractivity contribution in [3.63, 3.8) is 0 Å². The number of methoxy groups -OCH3 is 1. The van der Waals surface area contributed by atoms with Gasteiger partial charge in [-0.3, -0.25) is 0 Å². The van der Waals surface area contributed by atoms with E-state index in [9.17, 15) is 4.79 Å². The van der Waals surface area contributed by atoms with Crippen molar-refractivity contribution >= 4 is 17.4 Å². The van der Waals surface area contributed by atoms with Crippen LogP contribution in [0.15, 0.2) is 54.6 Å². The first kappa shape index (κ1) is 16.2. The molecule has 2 aromatic carbocycles. The van der Waals surface area contributed by atoms with Gasteiger partial charge in [0.15, 0.2) is 0 Å². The molecule has 1 fully saturated rings. The molecule has 1 unspecified atom stereocenters. The van der Waals surface area contributed by atoms with Gasteiger partial charge in [-0.15, -0.1) is 0 Å². The van der Waals surface area contributed by atoms with E-state index in [1.54, 1.807) is 13.2 Å². The number of ether oxygens (including phenoxy) is 1. The average Bonchev–Trinajstić information content (AvgIpc) is 3.09. The number of para-hydroxylation sites is 1. The van der Waals surface area contributed by atoms with Crippen LogP contribution in [0.1, 0.15) is 12.8 Å². The Kier molecular flexibility index (Phi) is 5.21. The smallest absolute Gasteiger partial charge is 0.319 e. The Morgan fingerprint density at radius 2 is 2.04 bits per heavy atom. The van der Waals surface area contributed by atoms with Crippen molar-refractivity contribution in [1.82, 2.24) is 5.32 Å². The van der Waals surface area contributed by atoms with E-state index in [0.29, 0.717) is 12.6 Å². The monoisotopic (exact) mass is 325 g/mol. The van der Waals surface area contributed by atoms with E-state index in [-0.39, 0.29) is 6.03 Å². The molecule has 2 amide bonds. The molecule has 3 rings (SSSR count). The van der Waals surface area contributed by atoms with Gasteiger partial charge in [-0.05, 0) is 37.1 Å². The van der Waals surface area contributed by atoms with E-state index >= 15 is 0 Å². The zero-order valence-electron chi connectivity index (χ0n) is 13.9. The Morgan fingerprint density at radius 1 is 1.21 bits per heavy atom. The lowest BCUT2D eigenvalue weighted by atomic mass is 10.2. The number of nitrogens with one attached hydrogen (secondary N) is 2. The molecule has 1 aliphatic heterocycles. The van der Waals surface area contributed by atoms with Gasteiger partial charge in [0.05, 0.1) is 7.11 Å². The van der Waals surface area contributed by atoms with E-state index in [1.807, 2.05) is 36.4 Å². The minimum absolute atomic E-state index is 0.192. The van der Waals surface area contributed by atoms with Crippen LogP contribution >= 0.6 is 0 Å². The largest absolute Gasteiger partial charge is 0.497 e. The van der Waals surface area contributed by atoms with Gasteiger partial charge >= 0.3 is 6.03 Å². The summed E-state index contributed by atoms with van der Waals surface area (Å²) in [6.45, 7) is 1.67. The van der Waals surface area contributed by atoms with Crippen LogP contribution in [0.3, 0.4) is 0 Å². The predicted octanol–water partition coefficient (Wildman–Crippen LogP) is 3.49. The molecule has 0 saturated carbocycles. The Bertz CT molecular complexity index is 675. The molecule has 1 aliphatic rings. The third kappa shape index (κ3) is 3.98. The Labute approximate surface area is 142 Å². The summed E-state index contributed by atoms with van der Waals surface area (Å²) in [4.78, 5) is 14.5. The molecule has 2 aromatic rings. The third-order valence-electron chi connectivity index (χ3n) is 4.29. The Hall–Kier alpha value is -2.69. The van der Waals surface area contributed by atoms with E-state index in [4.69, 9.17) is 4.74 Å². The molecule has 0 aliphatic carbocycles. The van der Waals surface area contributed by atoms with Gasteiger partial charge in [-0.2, -0.15) is 0 Å². The minimum Gasteiger partial charge on any atom is -0.497 e. The van der Waals surface area contributed by atoms with Gasteiger partial charge in [0.1, 0.15) is 5.75 Å². The Morgan fingerprint density at radius 3 is 2.83 bits per heavy atom. The highest BCUT2D eigenvalue weighted by atomic mass is 16.5. The molecule has 1 heterocycles. The van der Waals surface area contributed by atoms with Crippen molar-refractivity contribution < 1.29 is 9.53 Å². The number of nitrogens with zero attached hydrogens (tertiary/aromatic N) is 1. The van der Waals surface area contributed by atoms with Crippen molar-refractivity contribution in [2.45, 2.75) is 18.9 Å². The van der Waals surface area contributed by atoms with Crippen LogP contribution in [0.2, 0.25) is 0 Å². The zero-order chi connectivity index (χ0) is 16.8. The van der Waals surface area contributed by atoms with Gasteiger partial charge in [0.25, 0.3) is 0 Å². The highest BCUT2D eigenvalue weighted by molar-refractivity contribution is 5.89. The molecule has 24 heavy (non-hydrogen) atoms. The number of carbonyl (C=O) groups is 1. The second-order valence-corrected chi connectivity index (χ2v) is 5.89. The normalized spacial score (nSPS) is 16.7. The third-order valence-corrected chi connectivity index (χ3v) is 4.29. The standard InChI is InChI=1S/C19H23N3O2/c1-24-18-11-5-7-15(13-18)21-19(23)20-14-17-10-6-12-22(17)16-8-3-2-4-9-16/h2-5,7-9,11,13,17H,6,10,12,14H2,1H3,(H2,20,21,23). The first-order chi connectivity index (χ1) is 11.8. The summed E-state index contributed by atoms with van der Waals surface area (Å²) in [6, 6.07) is 17.8. The summed E-state index contributed by atoms with van der Waals surface area (Å²) >= 11 is 0. The fraction of sp³-hybridized carbons (Fsp3) is 0.316. The molecular formula is C19H23N3O2. The summed E-state index contributed by atoms with van der Waals surface area (Å²) in [5.74, 6) is 0.721. The number of rotatable bonds is 5. The number of urea groups is 1. The molecule has 126 valence electrons. The number of carbonyl (C=O) groups excluding carboxylic acids is 1. The number of anilines is 2. The summed E-state index contributed by atoms with van der Waals surface area (Å²) in [6.07, 6.45) is 2.24. The van der Waals surface area contributed by atoms with Crippen molar-refractivity contribution in [3.05, 3.63) is 54.6 Å². The maximum absolute atomic E-state index is 12.1. The minimum atomic E-state index is -0.192. The molecule has 2 N–H and O–H groups in total. The van der Waals surface area contributed by atoms with Gasteiger partial charge < -0.3 is 20.3 Å². The maximum Gasteiger partial charge on any atom is 0.319 e. The van der Waals surface area contributed by atoms with Gasteiger partial charge in [0, 0.05) is 36.6 Å². The molecular weight excluding hydrogens is 302 g/mol. The summed E-state index contributed by atoms with van der Waals surface area (Å²) in [7, 11) is 1.61. The lowest BCUT2D eigenvalue weighted by Crippen LogP contribution is -2.41. The zero-order valence-corrected chi connectivity index (χ0v) is 13.9. The lowest BCUT2D eigenvalue weighted by molar-refractivity contribution is 0.251. The van der Waals surface area contributed by atoms with Gasteiger partial charge in [0.2, 0.25) is 0 Å². The van der Waals surface area contributed by atoms with Crippen LogP contribution in [0.5, 0.6) is 5.75 Å². The van der Waals surface area contributed by atoms with Crippen LogP contribution in [-0.2, 0) is 0 Å². The number of benzene rings is 2. The summed E-state index contributed by atoms with van der Waals surface area (Å²) in [5, 5.41) is 5.82. The Balaban J connectivity index is 1.54. The van der Waals surface area contributed by atoms with Crippen molar-refractivity contribution in [1.29, 1.82) is 0 Å². The van der Waals surface area contributed by atoms with Crippen LogP contribution in [0.4, 0.5) is 16.2 Å². The van der Waals surface area contributed by atoms with Crippen LogP contribution in [0.25, 0.3) is 0 Å². The second kappa shape index (κ2) is 7.73. The topological polar surface area (TPSA) is 53.6 Å². The van der Waals surface area contributed by atoms with Crippen LogP contribution < -0.4 is 20.3 Å².